The smallest absolute Gasteiger partial charge is 0.482 e. The molecule has 3 aromatic carbocycles. The van der Waals surface area contributed by atoms with Crippen molar-refractivity contribution in [1.29, 1.82) is 0 Å². The highest BCUT2D eigenvalue weighted by Gasteiger charge is 2.34. The number of ether oxygens (including phenoxy) is 2. The number of aliphatic carboxylic acids is 1. The number of hydrogen-bond acceptors (Lipinski definition) is 7. The maximum absolute atomic E-state index is 12.7. The molecule has 0 radical (unpaired) electrons. The summed E-state index contributed by atoms with van der Waals surface area (Å²) in [6, 6.07) is 19.7. The molecule has 0 aliphatic carbocycles. The lowest BCUT2D eigenvalue weighted by Crippen LogP contribution is -2.38. The van der Waals surface area contributed by atoms with Crippen LogP contribution in [0.15, 0.2) is 72.9 Å². The van der Waals surface area contributed by atoms with Crippen LogP contribution in [-0.2, 0) is 27.5 Å². The molecule has 0 saturated heterocycles. The summed E-state index contributed by atoms with van der Waals surface area (Å²) in [6.45, 7) is -0.262. The summed E-state index contributed by atoms with van der Waals surface area (Å²) in [7, 11) is 0. The number of carbonyl (C=O) groups is 2. The SMILES string of the molecule is O=C(O)COc1ccc(Cl)cc1[C@@H]1c2ccccc2CCN1OC(=O)OCn1ncc2ccccc21. The zero-order valence-corrected chi connectivity index (χ0v) is 19.8. The van der Waals surface area contributed by atoms with Crippen LogP contribution in [0.25, 0.3) is 10.9 Å². The van der Waals surface area contributed by atoms with Gasteiger partial charge in [0.15, 0.2) is 13.3 Å². The largest absolute Gasteiger partial charge is 0.529 e. The molecule has 9 nitrogen and oxygen atoms in total. The molecule has 1 atom stereocenters. The van der Waals surface area contributed by atoms with Gasteiger partial charge < -0.3 is 19.4 Å². The first-order valence-electron chi connectivity index (χ1n) is 11.2. The van der Waals surface area contributed by atoms with Gasteiger partial charge in [-0.2, -0.15) is 5.10 Å². The van der Waals surface area contributed by atoms with E-state index in [-0.39, 0.29) is 6.73 Å². The van der Waals surface area contributed by atoms with Gasteiger partial charge in [0.1, 0.15) is 5.75 Å². The molecule has 2 heterocycles. The van der Waals surface area contributed by atoms with Crippen LogP contribution in [0.5, 0.6) is 5.75 Å². The zero-order chi connectivity index (χ0) is 25.1. The molecule has 0 unspecified atom stereocenters. The average Bonchev–Trinajstić information content (AvgIpc) is 3.29. The molecule has 0 bridgehead atoms. The number of nitrogens with zero attached hydrogens (tertiary/aromatic N) is 3. The number of para-hydroxylation sites is 1. The molecule has 5 rings (SSSR count). The summed E-state index contributed by atoms with van der Waals surface area (Å²) in [6.07, 6.45) is 1.43. The van der Waals surface area contributed by atoms with E-state index in [1.807, 2.05) is 48.5 Å². The zero-order valence-electron chi connectivity index (χ0n) is 19.0. The lowest BCUT2D eigenvalue weighted by atomic mass is 9.89. The van der Waals surface area contributed by atoms with Crippen molar-refractivity contribution in [2.45, 2.75) is 19.2 Å². The minimum atomic E-state index is -1.11. The monoisotopic (exact) mass is 507 g/mol. The fourth-order valence-corrected chi connectivity index (χ4v) is 4.51. The van der Waals surface area contributed by atoms with Crippen LogP contribution in [0.1, 0.15) is 22.7 Å². The Kier molecular flexibility index (Phi) is 6.75. The van der Waals surface area contributed by atoms with E-state index in [1.54, 1.807) is 29.1 Å². The Morgan fingerprint density at radius 2 is 1.86 bits per heavy atom. The minimum Gasteiger partial charge on any atom is -0.482 e. The third-order valence-electron chi connectivity index (χ3n) is 5.90. The molecular formula is C26H22ClN3O6. The first-order chi connectivity index (χ1) is 17.5. The highest BCUT2D eigenvalue weighted by Crippen LogP contribution is 2.40. The summed E-state index contributed by atoms with van der Waals surface area (Å²) < 4.78 is 12.5. The van der Waals surface area contributed by atoms with Crippen molar-refractivity contribution in [2.24, 2.45) is 0 Å². The van der Waals surface area contributed by atoms with Gasteiger partial charge in [-0.15, -0.1) is 5.06 Å². The third kappa shape index (κ3) is 4.98. The second-order valence-electron chi connectivity index (χ2n) is 8.17. The van der Waals surface area contributed by atoms with Crippen LogP contribution in [0, 0.1) is 0 Å². The summed E-state index contributed by atoms with van der Waals surface area (Å²) in [5.74, 6) is -0.781. The Morgan fingerprint density at radius 1 is 1.06 bits per heavy atom. The molecule has 1 N–H and O–H groups in total. The summed E-state index contributed by atoms with van der Waals surface area (Å²) >= 11 is 6.30. The number of benzene rings is 3. The van der Waals surface area contributed by atoms with Gasteiger partial charge in [0.25, 0.3) is 0 Å². The molecule has 1 aromatic heterocycles. The maximum Gasteiger partial charge on any atom is 0.529 e. The molecule has 36 heavy (non-hydrogen) atoms. The lowest BCUT2D eigenvalue weighted by Gasteiger charge is -2.36. The number of carboxylic acid groups (broad SMARTS) is 1. The van der Waals surface area contributed by atoms with Crippen molar-refractivity contribution in [2.75, 3.05) is 13.2 Å². The number of aromatic nitrogens is 2. The Hall–Kier alpha value is -4.08. The van der Waals surface area contributed by atoms with Crippen LogP contribution in [0.2, 0.25) is 5.02 Å². The molecule has 10 heteroatoms. The second kappa shape index (κ2) is 10.3. The first kappa shape index (κ1) is 23.7. The Morgan fingerprint density at radius 3 is 2.72 bits per heavy atom. The predicted octanol–water partition coefficient (Wildman–Crippen LogP) is 4.83. The van der Waals surface area contributed by atoms with Crippen LogP contribution in [-0.4, -0.2) is 45.2 Å². The van der Waals surface area contributed by atoms with Crippen molar-refractivity contribution in [1.82, 2.24) is 14.8 Å². The van der Waals surface area contributed by atoms with Crippen LogP contribution in [0.3, 0.4) is 0 Å². The summed E-state index contributed by atoms with van der Waals surface area (Å²) in [5, 5.41) is 16.2. The second-order valence-corrected chi connectivity index (χ2v) is 8.61. The molecule has 1 aliphatic rings. The number of fused-ring (bicyclic) bond motifs is 2. The number of carboxylic acids is 1. The van der Waals surface area contributed by atoms with Crippen LogP contribution in [0.4, 0.5) is 4.79 Å². The van der Waals surface area contributed by atoms with Gasteiger partial charge in [0.2, 0.25) is 0 Å². The van der Waals surface area contributed by atoms with E-state index in [0.717, 1.165) is 22.0 Å². The number of halogens is 1. The van der Waals surface area contributed by atoms with E-state index in [2.05, 4.69) is 5.10 Å². The normalized spacial score (nSPS) is 15.3. The number of hydroxylamine groups is 2. The van der Waals surface area contributed by atoms with Crippen molar-refractivity contribution in [3.8, 4) is 5.75 Å². The van der Waals surface area contributed by atoms with Crippen molar-refractivity contribution in [3.05, 3.63) is 94.6 Å². The Labute approximate surface area is 211 Å². The molecule has 1 aliphatic heterocycles. The first-order valence-corrected chi connectivity index (χ1v) is 11.6. The molecule has 0 spiro atoms. The fraction of sp³-hybridized carbons (Fsp3) is 0.192. The topological polar surface area (TPSA) is 103 Å². The fourth-order valence-electron chi connectivity index (χ4n) is 4.33. The van der Waals surface area contributed by atoms with E-state index in [1.165, 1.54) is 5.06 Å². The minimum absolute atomic E-state index is 0.119. The molecule has 184 valence electrons. The van der Waals surface area contributed by atoms with Gasteiger partial charge in [-0.05, 0) is 41.8 Å². The van der Waals surface area contributed by atoms with Crippen LogP contribution >= 0.6 is 11.6 Å². The average molecular weight is 508 g/mol. The molecule has 4 aromatic rings. The van der Waals surface area contributed by atoms with Crippen molar-refractivity contribution >= 4 is 34.6 Å². The highest BCUT2D eigenvalue weighted by atomic mass is 35.5. The van der Waals surface area contributed by atoms with Gasteiger partial charge in [-0.25, -0.2) is 14.3 Å². The van der Waals surface area contributed by atoms with Crippen molar-refractivity contribution in [3.63, 3.8) is 0 Å². The molecule has 0 fully saturated rings. The molecular weight excluding hydrogens is 486 g/mol. The number of hydrogen-bond donors (Lipinski definition) is 1. The van der Waals surface area contributed by atoms with E-state index < -0.39 is 24.8 Å². The van der Waals surface area contributed by atoms with Crippen molar-refractivity contribution < 1.29 is 29.0 Å². The Balaban J connectivity index is 1.40. The van der Waals surface area contributed by atoms with Gasteiger partial charge in [-0.1, -0.05) is 54.1 Å². The molecule has 0 amide bonds. The summed E-state index contributed by atoms with van der Waals surface area (Å²) in [5.41, 5.74) is 3.36. The van der Waals surface area contributed by atoms with E-state index >= 15 is 0 Å². The van der Waals surface area contributed by atoms with E-state index in [0.29, 0.717) is 29.3 Å². The van der Waals surface area contributed by atoms with Gasteiger partial charge in [-0.3, -0.25) is 0 Å². The number of rotatable bonds is 7. The highest BCUT2D eigenvalue weighted by molar-refractivity contribution is 6.30. The van der Waals surface area contributed by atoms with E-state index in [4.69, 9.17) is 31.0 Å². The number of carbonyl (C=O) groups excluding carboxylic acids is 1. The maximum atomic E-state index is 12.7. The van der Waals surface area contributed by atoms with Gasteiger partial charge in [0, 0.05) is 22.5 Å². The Bertz CT molecular complexity index is 1420. The van der Waals surface area contributed by atoms with Crippen LogP contribution < -0.4 is 4.74 Å². The third-order valence-corrected chi connectivity index (χ3v) is 6.14. The molecule has 0 saturated carbocycles. The van der Waals surface area contributed by atoms with E-state index in [9.17, 15) is 9.59 Å². The summed E-state index contributed by atoms with van der Waals surface area (Å²) in [4.78, 5) is 29.5. The predicted molar refractivity (Wildman–Crippen MR) is 131 cm³/mol. The lowest BCUT2D eigenvalue weighted by molar-refractivity contribution is -0.155. The standard InChI is InChI=1S/C26H22ClN3O6/c27-19-9-10-23(34-15-24(31)32)21(13-19)25-20-7-3-1-5-17(20)11-12-30(25)36-26(33)35-16-29-22-8-4-2-6-18(22)14-28-29/h1-10,13-14,25H,11-12,15-16H2,(H,31,32)/t25-/m0/s1. The van der Waals surface area contributed by atoms with Gasteiger partial charge >= 0.3 is 12.1 Å². The quantitative estimate of drug-likeness (QED) is 0.355. The van der Waals surface area contributed by atoms with Gasteiger partial charge in [0.05, 0.1) is 17.8 Å².